The second-order valence-electron chi connectivity index (χ2n) is 6.23. The van der Waals surface area contributed by atoms with Gasteiger partial charge in [-0.05, 0) is 56.4 Å². The Morgan fingerprint density at radius 1 is 1.35 bits per heavy atom. The predicted molar refractivity (Wildman–Crippen MR) is 85.9 cm³/mol. The number of carbonyl (C=O) groups is 2. The van der Waals surface area contributed by atoms with E-state index in [9.17, 15) is 9.59 Å². The van der Waals surface area contributed by atoms with E-state index >= 15 is 0 Å². The van der Waals surface area contributed by atoms with Crippen LogP contribution < -0.4 is 15.0 Å². The Kier molecular flexibility index (Phi) is 3.92. The highest BCUT2D eigenvalue weighted by Gasteiger charge is 2.52. The van der Waals surface area contributed by atoms with Crippen molar-refractivity contribution in [1.29, 1.82) is 0 Å². The fourth-order valence-corrected chi connectivity index (χ4v) is 3.05. The number of hydrogen-bond acceptors (Lipinski definition) is 4. The summed E-state index contributed by atoms with van der Waals surface area (Å²) in [5, 5.41) is 2.62. The molecular formula is C17H22N2O4. The van der Waals surface area contributed by atoms with Crippen molar-refractivity contribution in [3.05, 3.63) is 23.3 Å². The highest BCUT2D eigenvalue weighted by Crippen LogP contribution is 2.46. The molecule has 1 aromatic carbocycles. The first-order valence-corrected chi connectivity index (χ1v) is 7.91. The molecule has 1 N–H and O–H groups in total. The number of benzene rings is 1. The van der Waals surface area contributed by atoms with Gasteiger partial charge in [0.1, 0.15) is 5.75 Å². The summed E-state index contributed by atoms with van der Waals surface area (Å²) in [6.45, 7) is 4.78. The number of ether oxygens (including phenoxy) is 2. The second kappa shape index (κ2) is 5.76. The Balaban J connectivity index is 1.88. The van der Waals surface area contributed by atoms with E-state index in [0.29, 0.717) is 13.1 Å². The summed E-state index contributed by atoms with van der Waals surface area (Å²) in [5.41, 5.74) is 2.32. The lowest BCUT2D eigenvalue weighted by Crippen LogP contribution is -2.60. The van der Waals surface area contributed by atoms with Crippen molar-refractivity contribution in [2.45, 2.75) is 38.7 Å². The van der Waals surface area contributed by atoms with Crippen LogP contribution in [0.4, 0.5) is 10.5 Å². The maximum absolute atomic E-state index is 12.9. The Labute approximate surface area is 135 Å². The summed E-state index contributed by atoms with van der Waals surface area (Å²) in [5.74, 6) is 0.747. The van der Waals surface area contributed by atoms with Gasteiger partial charge in [0.15, 0.2) is 5.60 Å². The number of carbonyl (C=O) groups excluding carboxylic acids is 2. The van der Waals surface area contributed by atoms with Crippen molar-refractivity contribution in [2.75, 3.05) is 25.1 Å². The Morgan fingerprint density at radius 3 is 2.65 bits per heavy atom. The molecule has 2 amide bonds. The topological polar surface area (TPSA) is 67.9 Å². The third-order valence-electron chi connectivity index (χ3n) is 4.76. The van der Waals surface area contributed by atoms with Crippen LogP contribution in [0.25, 0.3) is 0 Å². The zero-order chi connectivity index (χ0) is 16.6. The third kappa shape index (κ3) is 2.62. The highest BCUT2D eigenvalue weighted by molar-refractivity contribution is 6.03. The smallest absolute Gasteiger partial charge is 0.406 e. The number of fused-ring (bicyclic) bond motifs is 1. The first-order chi connectivity index (χ1) is 11.0. The fourth-order valence-electron chi connectivity index (χ4n) is 3.05. The van der Waals surface area contributed by atoms with E-state index in [-0.39, 0.29) is 5.91 Å². The van der Waals surface area contributed by atoms with E-state index < -0.39 is 11.7 Å². The average Bonchev–Trinajstić information content (AvgIpc) is 2.49. The van der Waals surface area contributed by atoms with Crippen LogP contribution in [0.15, 0.2) is 12.1 Å². The molecule has 6 nitrogen and oxygen atoms in total. The SMILES string of the molecule is COC(=O)NCCN1C(=O)C2(CCC2)Oc2cc(C)c(C)cc21. The minimum absolute atomic E-state index is 0.00818. The van der Waals surface area contributed by atoms with E-state index in [2.05, 4.69) is 10.1 Å². The molecule has 1 saturated carbocycles. The van der Waals surface area contributed by atoms with Gasteiger partial charge in [-0.25, -0.2) is 4.79 Å². The van der Waals surface area contributed by atoms with Crippen molar-refractivity contribution in [2.24, 2.45) is 0 Å². The number of amides is 2. The van der Waals surface area contributed by atoms with Crippen molar-refractivity contribution < 1.29 is 19.1 Å². The Bertz CT molecular complexity index is 652. The first kappa shape index (κ1) is 15.6. The number of alkyl carbamates (subject to hydrolysis) is 1. The van der Waals surface area contributed by atoms with Crippen molar-refractivity contribution >= 4 is 17.7 Å². The maximum atomic E-state index is 12.9. The van der Waals surface area contributed by atoms with E-state index in [0.717, 1.165) is 41.8 Å². The molecule has 0 unspecified atom stereocenters. The molecule has 0 atom stereocenters. The molecule has 2 aliphatic rings. The van der Waals surface area contributed by atoms with Gasteiger partial charge in [-0.2, -0.15) is 0 Å². The summed E-state index contributed by atoms with van der Waals surface area (Å²) >= 11 is 0. The molecule has 0 radical (unpaired) electrons. The molecule has 1 heterocycles. The molecule has 1 fully saturated rings. The van der Waals surface area contributed by atoms with Crippen molar-refractivity contribution in [3.63, 3.8) is 0 Å². The van der Waals surface area contributed by atoms with Gasteiger partial charge in [0, 0.05) is 13.1 Å². The van der Waals surface area contributed by atoms with Crippen LogP contribution in [0.3, 0.4) is 0 Å². The van der Waals surface area contributed by atoms with Crippen LogP contribution in [0.1, 0.15) is 30.4 Å². The summed E-state index contributed by atoms with van der Waals surface area (Å²) in [7, 11) is 1.32. The predicted octanol–water partition coefficient (Wildman–Crippen LogP) is 2.31. The van der Waals surface area contributed by atoms with Gasteiger partial charge in [-0.15, -0.1) is 0 Å². The minimum Gasteiger partial charge on any atom is -0.475 e. The van der Waals surface area contributed by atoms with Gasteiger partial charge in [0.2, 0.25) is 0 Å². The normalized spacial score (nSPS) is 18.0. The second-order valence-corrected chi connectivity index (χ2v) is 6.23. The molecule has 23 heavy (non-hydrogen) atoms. The van der Waals surface area contributed by atoms with Gasteiger partial charge >= 0.3 is 6.09 Å². The monoisotopic (exact) mass is 318 g/mol. The molecule has 6 heteroatoms. The number of rotatable bonds is 3. The van der Waals surface area contributed by atoms with Gasteiger partial charge in [0.05, 0.1) is 12.8 Å². The molecule has 3 rings (SSSR count). The highest BCUT2D eigenvalue weighted by atomic mass is 16.5. The number of nitrogens with one attached hydrogen (secondary N) is 1. The van der Waals surface area contributed by atoms with E-state index in [1.54, 1.807) is 4.90 Å². The molecular weight excluding hydrogens is 296 g/mol. The lowest BCUT2D eigenvalue weighted by molar-refractivity contribution is -0.143. The molecule has 0 bridgehead atoms. The summed E-state index contributed by atoms with van der Waals surface area (Å²) < 4.78 is 10.6. The average molecular weight is 318 g/mol. The van der Waals surface area contributed by atoms with Crippen LogP contribution in [-0.2, 0) is 9.53 Å². The molecule has 1 aliphatic heterocycles. The summed E-state index contributed by atoms with van der Waals surface area (Å²) in [4.78, 5) is 25.8. The molecule has 1 aromatic rings. The van der Waals surface area contributed by atoms with Crippen LogP contribution in [0.2, 0.25) is 0 Å². The number of aryl methyl sites for hydroxylation is 2. The van der Waals surface area contributed by atoms with E-state index in [4.69, 9.17) is 4.74 Å². The van der Waals surface area contributed by atoms with E-state index in [1.165, 1.54) is 7.11 Å². The van der Waals surface area contributed by atoms with E-state index in [1.807, 2.05) is 26.0 Å². The van der Waals surface area contributed by atoms with Crippen LogP contribution in [-0.4, -0.2) is 37.8 Å². The molecule has 1 spiro atoms. The maximum Gasteiger partial charge on any atom is 0.406 e. The zero-order valence-electron chi connectivity index (χ0n) is 13.8. The lowest BCUT2D eigenvalue weighted by atomic mass is 9.77. The van der Waals surface area contributed by atoms with Crippen LogP contribution in [0.5, 0.6) is 5.75 Å². The number of nitrogens with zero attached hydrogens (tertiary/aromatic N) is 1. The largest absolute Gasteiger partial charge is 0.475 e. The third-order valence-corrected chi connectivity index (χ3v) is 4.76. The van der Waals surface area contributed by atoms with Crippen LogP contribution in [0, 0.1) is 13.8 Å². The molecule has 1 aliphatic carbocycles. The number of hydrogen-bond donors (Lipinski definition) is 1. The zero-order valence-corrected chi connectivity index (χ0v) is 13.8. The first-order valence-electron chi connectivity index (χ1n) is 7.91. The van der Waals surface area contributed by atoms with Gasteiger partial charge in [-0.3, -0.25) is 4.79 Å². The fraction of sp³-hybridized carbons (Fsp3) is 0.529. The van der Waals surface area contributed by atoms with Crippen LogP contribution >= 0.6 is 0 Å². The summed E-state index contributed by atoms with van der Waals surface area (Å²) in [6, 6.07) is 3.98. The van der Waals surface area contributed by atoms with Crippen molar-refractivity contribution in [1.82, 2.24) is 5.32 Å². The van der Waals surface area contributed by atoms with Crippen molar-refractivity contribution in [3.8, 4) is 5.75 Å². The van der Waals surface area contributed by atoms with Gasteiger partial charge in [-0.1, -0.05) is 0 Å². The number of anilines is 1. The Morgan fingerprint density at radius 2 is 2.04 bits per heavy atom. The summed E-state index contributed by atoms with van der Waals surface area (Å²) in [6.07, 6.45) is 2.00. The number of methoxy groups -OCH3 is 1. The van der Waals surface area contributed by atoms with Gasteiger partial charge in [0.25, 0.3) is 5.91 Å². The molecule has 0 aromatic heterocycles. The minimum atomic E-state index is -0.708. The quantitative estimate of drug-likeness (QED) is 0.928. The van der Waals surface area contributed by atoms with Gasteiger partial charge < -0.3 is 19.7 Å². The lowest BCUT2D eigenvalue weighted by Gasteiger charge is -2.47. The molecule has 0 saturated heterocycles. The molecule has 124 valence electrons. The Hall–Kier alpha value is -2.24. The standard InChI is InChI=1S/C17H22N2O4/c1-11-9-13-14(10-12(11)2)23-17(5-4-6-17)15(20)19(13)8-7-18-16(21)22-3/h9-10H,4-8H2,1-3H3,(H,18,21).